The molecular formula is C33H42Cl2N4O5SSi. The van der Waals surface area contributed by atoms with Crippen LogP contribution in [0, 0.1) is 5.41 Å². The Morgan fingerprint density at radius 2 is 1.67 bits per heavy atom. The molecule has 4 aromatic rings. The molecule has 2 heterocycles. The van der Waals surface area contributed by atoms with Crippen LogP contribution in [0.1, 0.15) is 41.5 Å². The zero-order valence-corrected chi connectivity index (χ0v) is 30.8. The van der Waals surface area contributed by atoms with E-state index in [9.17, 15) is 18.3 Å². The van der Waals surface area contributed by atoms with Crippen molar-refractivity contribution in [2.45, 2.75) is 70.6 Å². The summed E-state index contributed by atoms with van der Waals surface area (Å²) in [5.74, 6) is -0.617. The van der Waals surface area contributed by atoms with E-state index in [-0.39, 0.29) is 25.7 Å². The van der Waals surface area contributed by atoms with Gasteiger partial charge in [0, 0.05) is 28.2 Å². The lowest BCUT2D eigenvalue weighted by Gasteiger charge is -2.37. The van der Waals surface area contributed by atoms with Crippen LogP contribution >= 0.6 is 23.2 Å². The third kappa shape index (κ3) is 7.71. The van der Waals surface area contributed by atoms with E-state index < -0.39 is 35.8 Å². The molecule has 248 valence electrons. The maximum Gasteiger partial charge on any atom is 0.328 e. The fourth-order valence-corrected chi connectivity index (χ4v) is 8.41. The first kappa shape index (κ1) is 35.8. The Morgan fingerprint density at radius 3 is 2.22 bits per heavy atom. The van der Waals surface area contributed by atoms with Crippen LogP contribution in [-0.4, -0.2) is 56.6 Å². The standard InChI is InChI=1S/C33H42Cl2N4O5SSi/c1-32(2,3)30(31(40)41)39(45(42,43)27-19-23(34)18-24(35)20-27)26-10-11-28-22(17-26)13-15-38(28)29-12-9-25(21-37-29)36-14-16-44-46(7,8)33(4,5)6/h9-13,15,17-21,30,36H,14,16H2,1-8H3,(H,40,41). The lowest BCUT2D eigenvalue weighted by atomic mass is 9.86. The minimum atomic E-state index is -4.42. The van der Waals surface area contributed by atoms with Crippen molar-refractivity contribution in [1.29, 1.82) is 0 Å². The molecule has 0 spiro atoms. The number of carboxylic acid groups (broad SMARTS) is 1. The highest BCUT2D eigenvalue weighted by Gasteiger charge is 2.44. The molecule has 0 saturated heterocycles. The SMILES string of the molecule is CC(C)(C)C(C(=O)O)N(c1ccc2c(ccn2-c2ccc(NCCO[Si](C)(C)C(C)(C)C)cn2)c1)S(=O)(=O)c1cc(Cl)cc(Cl)c1. The molecule has 2 N–H and O–H groups in total. The first-order chi connectivity index (χ1) is 21.2. The second kappa shape index (κ2) is 13.2. The molecule has 0 aliphatic heterocycles. The van der Waals surface area contributed by atoms with E-state index in [1.165, 1.54) is 18.2 Å². The van der Waals surface area contributed by atoms with Gasteiger partial charge in [-0.25, -0.2) is 18.2 Å². The Morgan fingerprint density at radius 1 is 1.02 bits per heavy atom. The highest BCUT2D eigenvalue weighted by atomic mass is 35.5. The van der Waals surface area contributed by atoms with Gasteiger partial charge in [-0.2, -0.15) is 0 Å². The molecular weight excluding hydrogens is 663 g/mol. The predicted molar refractivity (Wildman–Crippen MR) is 190 cm³/mol. The molecule has 13 heteroatoms. The summed E-state index contributed by atoms with van der Waals surface area (Å²) in [4.78, 5) is 17.1. The number of halogens is 2. The molecule has 0 bridgehead atoms. The maximum atomic E-state index is 14.1. The number of hydrogen-bond donors (Lipinski definition) is 2. The van der Waals surface area contributed by atoms with Crippen molar-refractivity contribution in [2.24, 2.45) is 5.41 Å². The molecule has 1 unspecified atom stereocenters. The number of nitrogens with one attached hydrogen (secondary N) is 1. The first-order valence-corrected chi connectivity index (χ1v) is 20.0. The van der Waals surface area contributed by atoms with Crippen molar-refractivity contribution in [1.82, 2.24) is 9.55 Å². The Hall–Kier alpha value is -3.09. The molecule has 46 heavy (non-hydrogen) atoms. The number of hydrogen-bond acceptors (Lipinski definition) is 6. The van der Waals surface area contributed by atoms with Crippen molar-refractivity contribution < 1.29 is 22.7 Å². The van der Waals surface area contributed by atoms with E-state index in [2.05, 4.69) is 44.2 Å². The summed E-state index contributed by atoms with van der Waals surface area (Å²) in [7, 11) is -6.23. The highest BCUT2D eigenvalue weighted by molar-refractivity contribution is 7.93. The number of rotatable bonds is 11. The largest absolute Gasteiger partial charge is 0.480 e. The van der Waals surface area contributed by atoms with E-state index in [4.69, 9.17) is 27.6 Å². The molecule has 2 aromatic carbocycles. The third-order valence-corrected chi connectivity index (χ3v) is 15.1. The predicted octanol–water partition coefficient (Wildman–Crippen LogP) is 8.46. The van der Waals surface area contributed by atoms with Crippen molar-refractivity contribution in [3.05, 3.63) is 77.0 Å². The van der Waals surface area contributed by atoms with Gasteiger partial charge < -0.3 is 19.4 Å². The summed E-state index contributed by atoms with van der Waals surface area (Å²) in [6.07, 6.45) is 3.60. The average Bonchev–Trinajstić information content (AvgIpc) is 3.35. The third-order valence-electron chi connectivity index (χ3n) is 8.30. The van der Waals surface area contributed by atoms with Gasteiger partial charge in [0.1, 0.15) is 11.9 Å². The Bertz CT molecular complexity index is 1810. The fourth-order valence-electron chi connectivity index (χ4n) is 4.86. The number of aromatic nitrogens is 2. The lowest BCUT2D eigenvalue weighted by molar-refractivity contribution is -0.140. The number of sulfonamides is 1. The Balaban J connectivity index is 1.64. The van der Waals surface area contributed by atoms with Gasteiger partial charge in [0.05, 0.1) is 34.6 Å². The van der Waals surface area contributed by atoms with Crippen LogP contribution in [0.4, 0.5) is 11.4 Å². The number of nitrogens with zero attached hydrogens (tertiary/aromatic N) is 3. The minimum Gasteiger partial charge on any atom is -0.480 e. The van der Waals surface area contributed by atoms with Gasteiger partial charge in [0.25, 0.3) is 10.0 Å². The van der Waals surface area contributed by atoms with E-state index in [1.54, 1.807) is 45.2 Å². The van der Waals surface area contributed by atoms with E-state index in [0.717, 1.165) is 15.5 Å². The summed E-state index contributed by atoms with van der Waals surface area (Å²) in [6.45, 7) is 17.4. The lowest BCUT2D eigenvalue weighted by Crippen LogP contribution is -2.52. The van der Waals surface area contributed by atoms with Gasteiger partial charge in [0.15, 0.2) is 8.32 Å². The topological polar surface area (TPSA) is 114 Å². The quantitative estimate of drug-likeness (QED) is 0.119. The smallest absolute Gasteiger partial charge is 0.328 e. The van der Waals surface area contributed by atoms with Gasteiger partial charge in [-0.1, -0.05) is 64.7 Å². The van der Waals surface area contributed by atoms with Gasteiger partial charge in [0.2, 0.25) is 0 Å². The molecule has 4 rings (SSSR count). The average molecular weight is 706 g/mol. The van der Waals surface area contributed by atoms with Crippen LogP contribution in [0.15, 0.2) is 71.9 Å². The zero-order chi connectivity index (χ0) is 34.2. The molecule has 0 radical (unpaired) electrons. The number of carboxylic acids is 1. The molecule has 0 aliphatic rings. The van der Waals surface area contributed by atoms with E-state index in [1.807, 2.05) is 29.0 Å². The number of carbonyl (C=O) groups is 1. The zero-order valence-electron chi connectivity index (χ0n) is 27.4. The van der Waals surface area contributed by atoms with Crippen LogP contribution in [0.25, 0.3) is 16.7 Å². The van der Waals surface area contributed by atoms with Gasteiger partial charge in [-0.3, -0.25) is 4.31 Å². The molecule has 0 fully saturated rings. The Kier molecular flexibility index (Phi) is 10.3. The van der Waals surface area contributed by atoms with Crippen LogP contribution in [0.2, 0.25) is 28.2 Å². The molecule has 1 atom stereocenters. The van der Waals surface area contributed by atoms with Crippen LogP contribution in [-0.2, 0) is 19.2 Å². The van der Waals surface area contributed by atoms with Crippen molar-refractivity contribution >= 4 is 69.8 Å². The van der Waals surface area contributed by atoms with Crippen molar-refractivity contribution in [3.63, 3.8) is 0 Å². The summed E-state index contributed by atoms with van der Waals surface area (Å²) in [5.41, 5.74) is 0.852. The van der Waals surface area contributed by atoms with Crippen molar-refractivity contribution in [3.8, 4) is 5.82 Å². The van der Waals surface area contributed by atoms with E-state index in [0.29, 0.717) is 24.4 Å². The van der Waals surface area contributed by atoms with Crippen LogP contribution in [0.3, 0.4) is 0 Å². The summed E-state index contributed by atoms with van der Waals surface area (Å²) >= 11 is 12.3. The summed E-state index contributed by atoms with van der Waals surface area (Å²) in [5, 5.41) is 14.8. The van der Waals surface area contributed by atoms with Gasteiger partial charge in [-0.05, 0) is 78.1 Å². The van der Waals surface area contributed by atoms with Gasteiger partial charge in [-0.15, -0.1) is 0 Å². The molecule has 0 amide bonds. The highest BCUT2D eigenvalue weighted by Crippen LogP contribution is 2.38. The molecule has 9 nitrogen and oxygen atoms in total. The number of anilines is 2. The number of pyridine rings is 1. The normalized spacial score (nSPS) is 13.5. The number of aliphatic carboxylic acids is 1. The first-order valence-electron chi connectivity index (χ1n) is 14.9. The molecule has 2 aromatic heterocycles. The molecule has 0 aliphatic carbocycles. The van der Waals surface area contributed by atoms with Gasteiger partial charge >= 0.3 is 5.97 Å². The Labute approximate surface area is 282 Å². The molecule has 0 saturated carbocycles. The monoisotopic (exact) mass is 704 g/mol. The second-order valence-corrected chi connectivity index (χ2v) is 21.4. The summed E-state index contributed by atoms with van der Waals surface area (Å²) in [6, 6.07) is 13.2. The maximum absolute atomic E-state index is 14.1. The second-order valence-electron chi connectivity index (χ2n) is 13.9. The number of benzene rings is 2. The summed E-state index contributed by atoms with van der Waals surface area (Å²) < 4.78 is 37.3. The fraction of sp³-hybridized carbons (Fsp3) is 0.394. The minimum absolute atomic E-state index is 0.120. The van der Waals surface area contributed by atoms with Crippen LogP contribution < -0.4 is 9.62 Å². The van der Waals surface area contributed by atoms with Crippen LogP contribution in [0.5, 0.6) is 0 Å². The number of fused-ring (bicyclic) bond motifs is 1. The van der Waals surface area contributed by atoms with Crippen molar-refractivity contribution in [2.75, 3.05) is 22.8 Å². The van der Waals surface area contributed by atoms with E-state index >= 15 is 0 Å².